The Hall–Kier alpha value is -1.09. The third-order valence-electron chi connectivity index (χ3n) is 1.90. The van der Waals surface area contributed by atoms with Crippen molar-refractivity contribution in [2.75, 3.05) is 0 Å². The van der Waals surface area contributed by atoms with Crippen LogP contribution in [0.15, 0.2) is 6.07 Å². The van der Waals surface area contributed by atoms with Crippen LogP contribution in [-0.4, -0.2) is 10.9 Å². The lowest BCUT2D eigenvalue weighted by Gasteiger charge is -1.99. The summed E-state index contributed by atoms with van der Waals surface area (Å²) < 4.78 is 0. The highest BCUT2D eigenvalue weighted by Crippen LogP contribution is 2.20. The molecule has 0 saturated heterocycles. The maximum Gasteiger partial charge on any atom is 0.253 e. The number of aromatic nitrogens is 1. The predicted molar refractivity (Wildman–Crippen MR) is 45.2 cm³/mol. The molecule has 0 aromatic carbocycles. The van der Waals surface area contributed by atoms with Crippen LogP contribution in [0.2, 0.25) is 5.15 Å². The van der Waals surface area contributed by atoms with Crippen LogP contribution in [0.3, 0.4) is 0 Å². The summed E-state index contributed by atoms with van der Waals surface area (Å²) in [6, 6.07) is 1.70. The SMILES string of the molecule is Cc1cc(Cl)nc2c1C(=O)NC2. The Labute approximate surface area is 74.8 Å². The standard InChI is InChI=1S/C8H7ClN2O/c1-4-2-6(9)11-5-3-10-8(12)7(4)5/h2H,3H2,1H3,(H,10,12). The average Bonchev–Trinajstić information content (AvgIpc) is 2.31. The molecule has 0 unspecified atom stereocenters. The quantitative estimate of drug-likeness (QED) is 0.615. The Morgan fingerprint density at radius 1 is 1.67 bits per heavy atom. The lowest BCUT2D eigenvalue weighted by atomic mass is 10.1. The Morgan fingerprint density at radius 3 is 3.17 bits per heavy atom. The number of hydrogen-bond acceptors (Lipinski definition) is 2. The minimum atomic E-state index is -0.0494. The molecule has 0 atom stereocenters. The molecule has 1 aliphatic heterocycles. The van der Waals surface area contributed by atoms with Crippen LogP contribution in [0.5, 0.6) is 0 Å². The molecule has 1 amide bonds. The van der Waals surface area contributed by atoms with Gasteiger partial charge in [0.15, 0.2) is 0 Å². The highest BCUT2D eigenvalue weighted by atomic mass is 35.5. The molecule has 0 aliphatic carbocycles. The van der Waals surface area contributed by atoms with Gasteiger partial charge in [0.25, 0.3) is 5.91 Å². The van der Waals surface area contributed by atoms with Crippen LogP contribution in [0.25, 0.3) is 0 Å². The van der Waals surface area contributed by atoms with Gasteiger partial charge in [-0.1, -0.05) is 11.6 Å². The molecule has 1 N–H and O–H groups in total. The summed E-state index contributed by atoms with van der Waals surface area (Å²) in [5.41, 5.74) is 2.32. The molecular formula is C8H7ClN2O. The van der Waals surface area contributed by atoms with E-state index in [4.69, 9.17) is 11.6 Å². The second-order valence-electron chi connectivity index (χ2n) is 2.77. The lowest BCUT2D eigenvalue weighted by Crippen LogP contribution is -2.13. The van der Waals surface area contributed by atoms with Crippen molar-refractivity contribution in [1.29, 1.82) is 0 Å². The fraction of sp³-hybridized carbons (Fsp3) is 0.250. The fourth-order valence-corrected chi connectivity index (χ4v) is 1.65. The second kappa shape index (κ2) is 2.45. The number of carbonyl (C=O) groups is 1. The number of aryl methyl sites for hydroxylation is 1. The first-order valence-electron chi connectivity index (χ1n) is 3.62. The normalized spacial score (nSPS) is 14.3. The van der Waals surface area contributed by atoms with Crippen molar-refractivity contribution in [3.8, 4) is 0 Å². The van der Waals surface area contributed by atoms with Gasteiger partial charge in [-0.15, -0.1) is 0 Å². The minimum absolute atomic E-state index is 0.0494. The molecule has 12 heavy (non-hydrogen) atoms. The van der Waals surface area contributed by atoms with E-state index in [0.717, 1.165) is 11.3 Å². The van der Waals surface area contributed by atoms with Crippen LogP contribution in [0.1, 0.15) is 21.6 Å². The fourth-order valence-electron chi connectivity index (χ4n) is 1.39. The molecule has 3 nitrogen and oxygen atoms in total. The van der Waals surface area contributed by atoms with E-state index in [1.54, 1.807) is 6.07 Å². The monoisotopic (exact) mass is 182 g/mol. The van der Waals surface area contributed by atoms with Gasteiger partial charge in [-0.3, -0.25) is 4.79 Å². The maximum atomic E-state index is 11.2. The van der Waals surface area contributed by atoms with E-state index < -0.39 is 0 Å². The van der Waals surface area contributed by atoms with Crippen LogP contribution in [-0.2, 0) is 6.54 Å². The number of fused-ring (bicyclic) bond motifs is 1. The van der Waals surface area contributed by atoms with Crippen molar-refractivity contribution in [2.24, 2.45) is 0 Å². The van der Waals surface area contributed by atoms with Crippen molar-refractivity contribution >= 4 is 17.5 Å². The number of rotatable bonds is 0. The van der Waals surface area contributed by atoms with Gasteiger partial charge in [-0.05, 0) is 18.6 Å². The molecule has 0 fully saturated rings. The first kappa shape index (κ1) is 7.55. The van der Waals surface area contributed by atoms with Crippen molar-refractivity contribution in [3.63, 3.8) is 0 Å². The number of halogens is 1. The highest BCUT2D eigenvalue weighted by molar-refractivity contribution is 6.29. The molecule has 1 aromatic heterocycles. The van der Waals surface area contributed by atoms with Gasteiger partial charge in [-0.25, -0.2) is 4.98 Å². The number of nitrogens with zero attached hydrogens (tertiary/aromatic N) is 1. The van der Waals surface area contributed by atoms with E-state index >= 15 is 0 Å². The number of carbonyl (C=O) groups excluding carboxylic acids is 1. The molecule has 1 aromatic rings. The summed E-state index contributed by atoms with van der Waals surface area (Å²) in [5.74, 6) is -0.0494. The molecule has 2 heterocycles. The van der Waals surface area contributed by atoms with Crippen LogP contribution >= 0.6 is 11.6 Å². The number of nitrogens with one attached hydrogen (secondary N) is 1. The molecular weight excluding hydrogens is 176 g/mol. The lowest BCUT2D eigenvalue weighted by molar-refractivity contribution is 0.0965. The molecule has 62 valence electrons. The summed E-state index contributed by atoms with van der Waals surface area (Å²) in [7, 11) is 0. The van der Waals surface area contributed by atoms with E-state index in [9.17, 15) is 4.79 Å². The zero-order valence-corrected chi connectivity index (χ0v) is 7.27. The summed E-state index contributed by atoms with van der Waals surface area (Å²) in [6.07, 6.45) is 0. The van der Waals surface area contributed by atoms with Crippen LogP contribution in [0, 0.1) is 6.92 Å². The average molecular weight is 183 g/mol. The topological polar surface area (TPSA) is 42.0 Å². The minimum Gasteiger partial charge on any atom is -0.346 e. The first-order valence-corrected chi connectivity index (χ1v) is 4.00. The number of hydrogen-bond donors (Lipinski definition) is 1. The first-order chi connectivity index (χ1) is 5.68. The van der Waals surface area contributed by atoms with E-state index in [1.165, 1.54) is 0 Å². The Balaban J connectivity index is 2.68. The zero-order valence-electron chi connectivity index (χ0n) is 6.52. The van der Waals surface area contributed by atoms with E-state index in [2.05, 4.69) is 10.3 Å². The smallest absolute Gasteiger partial charge is 0.253 e. The molecule has 4 heteroatoms. The van der Waals surface area contributed by atoms with Crippen molar-refractivity contribution < 1.29 is 4.79 Å². The van der Waals surface area contributed by atoms with Gasteiger partial charge in [0.05, 0.1) is 17.8 Å². The molecule has 2 rings (SSSR count). The molecule has 0 spiro atoms. The molecule has 1 aliphatic rings. The summed E-state index contributed by atoms with van der Waals surface area (Å²) in [6.45, 7) is 2.35. The Kier molecular flexibility index (Phi) is 1.54. The summed E-state index contributed by atoms with van der Waals surface area (Å²) in [5, 5.41) is 3.14. The maximum absolute atomic E-state index is 11.2. The summed E-state index contributed by atoms with van der Waals surface area (Å²) >= 11 is 5.73. The number of amides is 1. The van der Waals surface area contributed by atoms with Gasteiger partial charge in [0, 0.05) is 0 Å². The van der Waals surface area contributed by atoms with E-state index in [0.29, 0.717) is 17.3 Å². The van der Waals surface area contributed by atoms with Crippen molar-refractivity contribution in [2.45, 2.75) is 13.5 Å². The summed E-state index contributed by atoms with van der Waals surface area (Å²) in [4.78, 5) is 15.3. The van der Waals surface area contributed by atoms with Gasteiger partial charge < -0.3 is 5.32 Å². The predicted octanol–water partition coefficient (Wildman–Crippen LogP) is 1.29. The van der Waals surface area contributed by atoms with Gasteiger partial charge in [0.1, 0.15) is 5.15 Å². The third kappa shape index (κ3) is 0.975. The zero-order chi connectivity index (χ0) is 8.72. The van der Waals surface area contributed by atoms with E-state index in [-0.39, 0.29) is 5.91 Å². The highest BCUT2D eigenvalue weighted by Gasteiger charge is 2.22. The second-order valence-corrected chi connectivity index (χ2v) is 3.15. The van der Waals surface area contributed by atoms with Gasteiger partial charge in [0.2, 0.25) is 0 Å². The van der Waals surface area contributed by atoms with Crippen LogP contribution < -0.4 is 5.32 Å². The largest absolute Gasteiger partial charge is 0.346 e. The number of pyridine rings is 1. The molecule has 0 saturated carbocycles. The molecule has 0 radical (unpaired) electrons. The van der Waals surface area contributed by atoms with Crippen molar-refractivity contribution in [3.05, 3.63) is 28.0 Å². The van der Waals surface area contributed by atoms with E-state index in [1.807, 2.05) is 6.92 Å². The Morgan fingerprint density at radius 2 is 2.42 bits per heavy atom. The van der Waals surface area contributed by atoms with Crippen LogP contribution in [0.4, 0.5) is 0 Å². The van der Waals surface area contributed by atoms with Gasteiger partial charge in [-0.2, -0.15) is 0 Å². The van der Waals surface area contributed by atoms with Gasteiger partial charge >= 0.3 is 0 Å². The van der Waals surface area contributed by atoms with Crippen molar-refractivity contribution in [1.82, 2.24) is 10.3 Å². The Bertz CT molecular complexity index is 362. The molecule has 0 bridgehead atoms. The third-order valence-corrected chi connectivity index (χ3v) is 2.10.